The van der Waals surface area contributed by atoms with Gasteiger partial charge in [0.25, 0.3) is 0 Å². The monoisotopic (exact) mass is 538 g/mol. The van der Waals surface area contributed by atoms with E-state index in [1.54, 1.807) is 0 Å². The van der Waals surface area contributed by atoms with Gasteiger partial charge in [0.2, 0.25) is 0 Å². The highest BCUT2D eigenvalue weighted by Gasteiger charge is 1.96. The van der Waals surface area contributed by atoms with Gasteiger partial charge in [0.05, 0.1) is 119 Å². The molecule has 0 aromatic carbocycles. The zero-order valence-corrected chi connectivity index (χ0v) is 23.3. The van der Waals surface area contributed by atoms with E-state index in [-0.39, 0.29) is 0 Å². The van der Waals surface area contributed by atoms with E-state index in [0.29, 0.717) is 119 Å². The number of hydrogen-bond acceptors (Lipinski definition) is 10. The average Bonchev–Trinajstić information content (AvgIpc) is 2.91. The Balaban J connectivity index is 3.01. The zero-order valence-electron chi connectivity index (χ0n) is 23.3. The molecule has 0 atom stereocenters. The summed E-state index contributed by atoms with van der Waals surface area (Å²) in [7, 11) is 0. The first-order chi connectivity index (χ1) is 18.4. The van der Waals surface area contributed by atoms with Crippen molar-refractivity contribution >= 4 is 0 Å². The molecule has 0 N–H and O–H groups in total. The van der Waals surface area contributed by atoms with E-state index < -0.39 is 0 Å². The molecule has 0 radical (unpaired) electrons. The molecular weight excluding hydrogens is 484 g/mol. The third-order valence-electron chi connectivity index (χ3n) is 4.83. The van der Waals surface area contributed by atoms with Crippen LogP contribution in [0.5, 0.6) is 0 Å². The summed E-state index contributed by atoms with van der Waals surface area (Å²) in [6, 6.07) is 0. The number of unbranched alkanes of at least 4 members (excludes halogenated alkanes) is 4. The SMILES string of the molecule is C=COCCOCCOCCOCCOCCOCCOCCOCCOCCOCCCCCCC. The lowest BCUT2D eigenvalue weighted by Gasteiger charge is -2.09. The van der Waals surface area contributed by atoms with E-state index >= 15 is 0 Å². The molecule has 0 saturated carbocycles. The van der Waals surface area contributed by atoms with Crippen molar-refractivity contribution in [2.45, 2.75) is 39.0 Å². The highest BCUT2D eigenvalue weighted by Crippen LogP contribution is 2.02. The molecule has 0 aliphatic rings. The Bertz CT molecular complexity index is 415. The van der Waals surface area contributed by atoms with Crippen molar-refractivity contribution in [1.29, 1.82) is 0 Å². The van der Waals surface area contributed by atoms with Gasteiger partial charge in [-0.2, -0.15) is 0 Å². The van der Waals surface area contributed by atoms with E-state index in [1.807, 2.05) is 0 Å². The van der Waals surface area contributed by atoms with Crippen molar-refractivity contribution in [1.82, 2.24) is 0 Å². The van der Waals surface area contributed by atoms with Gasteiger partial charge in [-0.3, -0.25) is 0 Å². The summed E-state index contributed by atoms with van der Waals surface area (Å²) in [5.74, 6) is 0. The van der Waals surface area contributed by atoms with Crippen LogP contribution in [0, 0.1) is 0 Å². The van der Waals surface area contributed by atoms with Crippen molar-refractivity contribution < 1.29 is 47.4 Å². The van der Waals surface area contributed by atoms with Gasteiger partial charge in [-0.05, 0) is 6.42 Å². The Morgan fingerprint density at radius 1 is 0.351 bits per heavy atom. The van der Waals surface area contributed by atoms with Crippen LogP contribution in [0.4, 0.5) is 0 Å². The topological polar surface area (TPSA) is 92.3 Å². The van der Waals surface area contributed by atoms with E-state index in [0.717, 1.165) is 13.0 Å². The standard InChI is InChI=1S/C27H54O10/c1-3-5-6-7-8-9-29-12-13-31-16-17-33-20-21-35-24-25-37-27-26-36-23-22-34-19-18-32-15-14-30-11-10-28-4-2/h4H,2-3,5-27H2,1H3. The van der Waals surface area contributed by atoms with Crippen LogP contribution in [0.2, 0.25) is 0 Å². The van der Waals surface area contributed by atoms with E-state index in [4.69, 9.17) is 47.4 Å². The second kappa shape index (κ2) is 35.2. The van der Waals surface area contributed by atoms with E-state index in [2.05, 4.69) is 13.5 Å². The highest BCUT2D eigenvalue weighted by molar-refractivity contribution is 4.47. The summed E-state index contributed by atoms with van der Waals surface area (Å²) in [6.07, 6.45) is 7.69. The third-order valence-corrected chi connectivity index (χ3v) is 4.83. The van der Waals surface area contributed by atoms with Gasteiger partial charge in [0, 0.05) is 6.61 Å². The van der Waals surface area contributed by atoms with Crippen LogP contribution in [0.3, 0.4) is 0 Å². The van der Waals surface area contributed by atoms with Crippen LogP contribution in [0.25, 0.3) is 0 Å². The van der Waals surface area contributed by atoms with Gasteiger partial charge in [0.15, 0.2) is 0 Å². The molecule has 0 aromatic heterocycles. The fraction of sp³-hybridized carbons (Fsp3) is 0.926. The molecule has 0 aliphatic carbocycles. The molecule has 37 heavy (non-hydrogen) atoms. The lowest BCUT2D eigenvalue weighted by atomic mass is 10.2. The van der Waals surface area contributed by atoms with Crippen molar-refractivity contribution in [2.24, 2.45) is 0 Å². The number of ether oxygens (including phenoxy) is 10. The Morgan fingerprint density at radius 3 is 0.919 bits per heavy atom. The molecule has 0 bridgehead atoms. The highest BCUT2D eigenvalue weighted by atomic mass is 16.6. The summed E-state index contributed by atoms with van der Waals surface area (Å²) in [6.45, 7) is 16.3. The van der Waals surface area contributed by atoms with Crippen LogP contribution < -0.4 is 0 Å². The Hall–Kier alpha value is -0.820. The Morgan fingerprint density at radius 2 is 0.622 bits per heavy atom. The van der Waals surface area contributed by atoms with Gasteiger partial charge in [-0.15, -0.1) is 0 Å². The van der Waals surface area contributed by atoms with Gasteiger partial charge >= 0.3 is 0 Å². The third kappa shape index (κ3) is 35.2. The minimum absolute atomic E-state index is 0.508. The van der Waals surface area contributed by atoms with Crippen LogP contribution >= 0.6 is 0 Å². The van der Waals surface area contributed by atoms with Crippen LogP contribution in [-0.2, 0) is 47.4 Å². The molecule has 0 aliphatic heterocycles. The number of rotatable bonds is 34. The van der Waals surface area contributed by atoms with Crippen LogP contribution in [-0.4, -0.2) is 126 Å². The van der Waals surface area contributed by atoms with Gasteiger partial charge in [-0.1, -0.05) is 39.2 Å². The number of hydrogen-bond donors (Lipinski definition) is 0. The quantitative estimate of drug-likeness (QED) is 0.0898. The maximum Gasteiger partial charge on any atom is 0.111 e. The van der Waals surface area contributed by atoms with E-state index in [9.17, 15) is 0 Å². The minimum atomic E-state index is 0.508. The largest absolute Gasteiger partial charge is 0.499 e. The average molecular weight is 539 g/mol. The molecule has 10 nitrogen and oxygen atoms in total. The Labute approximate surface area is 225 Å². The first kappa shape index (κ1) is 36.2. The first-order valence-electron chi connectivity index (χ1n) is 13.8. The zero-order chi connectivity index (χ0) is 26.7. The molecule has 0 rings (SSSR count). The second-order valence-corrected chi connectivity index (χ2v) is 7.96. The molecule has 0 heterocycles. The molecule has 0 aromatic rings. The maximum atomic E-state index is 5.55. The first-order valence-corrected chi connectivity index (χ1v) is 13.8. The lowest BCUT2D eigenvalue weighted by molar-refractivity contribution is -0.0256. The molecule has 0 fully saturated rings. The fourth-order valence-electron chi connectivity index (χ4n) is 2.86. The molecule has 0 saturated heterocycles. The summed E-state index contributed by atoms with van der Waals surface area (Å²) in [5, 5.41) is 0. The van der Waals surface area contributed by atoms with Crippen molar-refractivity contribution in [3.05, 3.63) is 12.8 Å². The van der Waals surface area contributed by atoms with Gasteiger partial charge in [-0.25, -0.2) is 0 Å². The predicted molar refractivity (Wildman–Crippen MR) is 142 cm³/mol. The van der Waals surface area contributed by atoms with Crippen LogP contribution in [0.1, 0.15) is 39.0 Å². The predicted octanol–water partition coefficient (Wildman–Crippen LogP) is 3.27. The second-order valence-electron chi connectivity index (χ2n) is 7.96. The van der Waals surface area contributed by atoms with E-state index in [1.165, 1.54) is 31.9 Å². The van der Waals surface area contributed by atoms with Crippen LogP contribution in [0.15, 0.2) is 12.8 Å². The Kier molecular flexibility index (Phi) is 34.4. The molecular formula is C27H54O10. The van der Waals surface area contributed by atoms with Crippen molar-refractivity contribution in [2.75, 3.05) is 126 Å². The fourth-order valence-corrected chi connectivity index (χ4v) is 2.86. The van der Waals surface area contributed by atoms with Crippen molar-refractivity contribution in [3.63, 3.8) is 0 Å². The van der Waals surface area contributed by atoms with Gasteiger partial charge in [0.1, 0.15) is 6.61 Å². The smallest absolute Gasteiger partial charge is 0.111 e. The summed E-state index contributed by atoms with van der Waals surface area (Å²) >= 11 is 0. The maximum absolute atomic E-state index is 5.55. The lowest BCUT2D eigenvalue weighted by Crippen LogP contribution is -2.15. The van der Waals surface area contributed by atoms with Crippen molar-refractivity contribution in [3.8, 4) is 0 Å². The summed E-state index contributed by atoms with van der Waals surface area (Å²) in [5.41, 5.74) is 0. The van der Waals surface area contributed by atoms with Gasteiger partial charge < -0.3 is 47.4 Å². The molecule has 222 valence electrons. The molecule has 0 unspecified atom stereocenters. The molecule has 10 heteroatoms. The normalized spacial score (nSPS) is 11.3. The molecule has 0 amide bonds. The molecule has 0 spiro atoms. The summed E-state index contributed by atoms with van der Waals surface area (Å²) in [4.78, 5) is 0. The summed E-state index contributed by atoms with van der Waals surface area (Å²) < 4.78 is 54.0. The minimum Gasteiger partial charge on any atom is -0.499 e.